The minimum absolute atomic E-state index is 0.0264. The number of benzene rings is 2. The highest BCUT2D eigenvalue weighted by Crippen LogP contribution is 2.42. The number of halogens is 5. The Labute approximate surface area is 205 Å². The van der Waals surface area contributed by atoms with Crippen LogP contribution in [0.3, 0.4) is 0 Å². The topological polar surface area (TPSA) is 91.1 Å². The van der Waals surface area contributed by atoms with Crippen molar-refractivity contribution in [3.8, 4) is 0 Å². The predicted molar refractivity (Wildman–Crippen MR) is 127 cm³/mol. The molecule has 5 nitrogen and oxygen atoms in total. The van der Waals surface area contributed by atoms with E-state index < -0.39 is 51.0 Å². The fraction of sp³-hybridized carbons (Fsp3) is 0.360. The minimum Gasteiger partial charge on any atom is -0.392 e. The van der Waals surface area contributed by atoms with Gasteiger partial charge in [-0.15, -0.1) is 0 Å². The Hall–Kier alpha value is -2.92. The number of nitrogens with one attached hydrogen (secondary N) is 1. The fourth-order valence-electron chi connectivity index (χ4n) is 4.29. The first-order valence-corrected chi connectivity index (χ1v) is 12.7. The number of aliphatic hydroxyl groups is 1. The minimum atomic E-state index is -4.62. The smallest absolute Gasteiger partial charge is 0.392 e. The van der Waals surface area contributed by atoms with Gasteiger partial charge in [0.25, 0.3) is 0 Å². The van der Waals surface area contributed by atoms with E-state index in [1.807, 2.05) is 0 Å². The summed E-state index contributed by atoms with van der Waals surface area (Å²) in [5.74, 6) is -0.226. The van der Waals surface area contributed by atoms with E-state index in [1.54, 1.807) is 18.2 Å². The van der Waals surface area contributed by atoms with Gasteiger partial charge in [0.15, 0.2) is 9.84 Å². The van der Waals surface area contributed by atoms with E-state index in [4.69, 9.17) is 5.41 Å². The first-order valence-electron chi connectivity index (χ1n) is 11.0. The van der Waals surface area contributed by atoms with Gasteiger partial charge >= 0.3 is 6.18 Å². The lowest BCUT2D eigenvalue weighted by Gasteiger charge is -2.37. The van der Waals surface area contributed by atoms with Crippen LogP contribution < -0.4 is 0 Å². The van der Waals surface area contributed by atoms with Crippen LogP contribution in [0, 0.1) is 5.41 Å². The fourth-order valence-corrected chi connectivity index (χ4v) is 5.01. The van der Waals surface area contributed by atoms with Gasteiger partial charge in [-0.25, -0.2) is 17.2 Å². The summed E-state index contributed by atoms with van der Waals surface area (Å²) in [5.41, 5.74) is -2.22. The van der Waals surface area contributed by atoms with E-state index in [2.05, 4.69) is 4.98 Å². The Balaban J connectivity index is 2.17. The molecule has 0 fully saturated rings. The van der Waals surface area contributed by atoms with Crippen LogP contribution >= 0.6 is 0 Å². The number of sulfone groups is 1. The van der Waals surface area contributed by atoms with E-state index >= 15 is 0 Å². The highest BCUT2D eigenvalue weighted by molar-refractivity contribution is 8.06. The van der Waals surface area contributed by atoms with E-state index in [0.717, 1.165) is 24.3 Å². The van der Waals surface area contributed by atoms with Crippen molar-refractivity contribution in [3.63, 3.8) is 0 Å². The summed E-state index contributed by atoms with van der Waals surface area (Å²) in [7, 11) is -3.70. The van der Waals surface area contributed by atoms with Crippen LogP contribution in [0.5, 0.6) is 0 Å². The van der Waals surface area contributed by atoms with Crippen LogP contribution in [-0.4, -0.2) is 41.8 Å². The largest absolute Gasteiger partial charge is 0.416 e. The summed E-state index contributed by atoms with van der Waals surface area (Å²) < 4.78 is 90.9. The lowest BCUT2D eigenvalue weighted by atomic mass is 9.70. The molecule has 0 spiro atoms. The normalized spacial score (nSPS) is 15.1. The third kappa shape index (κ3) is 5.41. The predicted octanol–water partition coefficient (Wildman–Crippen LogP) is 5.53. The molecular formula is C25H25F5N2O3S. The number of hydrogen-bond donors (Lipinski definition) is 2. The zero-order valence-corrected chi connectivity index (χ0v) is 20.3. The van der Waals surface area contributed by atoms with Gasteiger partial charge in [0.1, 0.15) is 5.04 Å². The average Bonchev–Trinajstić information content (AvgIpc) is 2.81. The molecule has 1 heterocycles. The standard InChI is InChI=1S/C25H25F5N2O3S/c1-3-36(34,35)23(31)12-17-6-4-5-16-11-21(32-14-20(16)17)24(15(2)33,13-22(26)27)18-7-9-19(10-8-18)25(28,29)30/h4-11,14-15,22,31,33H,3,12-13H2,1-2H3. The molecule has 3 aromatic rings. The third-order valence-corrected chi connectivity index (χ3v) is 7.99. The number of aliphatic hydroxyl groups excluding tert-OH is 1. The summed E-state index contributed by atoms with van der Waals surface area (Å²) in [5, 5.41) is 19.2. The molecule has 0 aliphatic rings. The SMILES string of the molecule is CCS(=O)(=O)C(=N)Cc1cccc2cc(C(CC(F)F)(c3ccc(C(F)(F)F)cc3)C(C)O)ncc12. The molecule has 1 aromatic heterocycles. The molecule has 194 valence electrons. The molecular weight excluding hydrogens is 503 g/mol. The Morgan fingerprint density at radius 2 is 1.69 bits per heavy atom. The van der Waals surface area contributed by atoms with Crippen molar-refractivity contribution in [2.75, 3.05) is 5.75 Å². The Morgan fingerprint density at radius 1 is 1.08 bits per heavy atom. The first kappa shape index (κ1) is 27.7. The first-order chi connectivity index (χ1) is 16.7. The number of aromatic nitrogens is 1. The molecule has 0 saturated heterocycles. The molecule has 2 aromatic carbocycles. The van der Waals surface area contributed by atoms with E-state index in [0.29, 0.717) is 16.3 Å². The molecule has 11 heteroatoms. The summed E-state index contributed by atoms with van der Waals surface area (Å²) >= 11 is 0. The van der Waals surface area contributed by atoms with Crippen molar-refractivity contribution < 1.29 is 35.5 Å². The molecule has 0 saturated carbocycles. The Morgan fingerprint density at radius 3 is 2.22 bits per heavy atom. The molecule has 2 unspecified atom stereocenters. The second-order valence-corrected chi connectivity index (χ2v) is 10.8. The van der Waals surface area contributed by atoms with Crippen LogP contribution in [0.25, 0.3) is 10.8 Å². The molecule has 2 atom stereocenters. The molecule has 0 bridgehead atoms. The zero-order valence-electron chi connectivity index (χ0n) is 19.5. The van der Waals surface area contributed by atoms with E-state index in [-0.39, 0.29) is 23.4 Å². The van der Waals surface area contributed by atoms with Gasteiger partial charge in [0.2, 0.25) is 6.43 Å². The molecule has 0 aliphatic carbocycles. The molecule has 3 rings (SSSR count). The van der Waals surface area contributed by atoms with Crippen molar-refractivity contribution >= 4 is 25.7 Å². The van der Waals surface area contributed by atoms with E-state index in [1.165, 1.54) is 26.1 Å². The van der Waals surface area contributed by atoms with Crippen molar-refractivity contribution in [2.24, 2.45) is 0 Å². The van der Waals surface area contributed by atoms with Gasteiger partial charge in [0.05, 0.1) is 28.5 Å². The Bertz CT molecular complexity index is 1360. The number of nitrogens with zero attached hydrogens (tertiary/aromatic N) is 1. The van der Waals surface area contributed by atoms with Crippen LogP contribution in [0.1, 0.15) is 42.7 Å². The number of hydrogen-bond acceptors (Lipinski definition) is 5. The van der Waals surface area contributed by atoms with Crippen LogP contribution in [0.15, 0.2) is 54.7 Å². The molecule has 2 N–H and O–H groups in total. The lowest BCUT2D eigenvalue weighted by molar-refractivity contribution is -0.137. The van der Waals surface area contributed by atoms with Crippen LogP contribution in [0.2, 0.25) is 0 Å². The van der Waals surface area contributed by atoms with Gasteiger partial charge in [0, 0.05) is 24.4 Å². The molecule has 0 amide bonds. The van der Waals surface area contributed by atoms with E-state index in [9.17, 15) is 35.5 Å². The molecule has 36 heavy (non-hydrogen) atoms. The quantitative estimate of drug-likeness (QED) is 0.229. The van der Waals surface area contributed by atoms with Crippen LogP contribution in [0.4, 0.5) is 22.0 Å². The van der Waals surface area contributed by atoms with Crippen molar-refractivity contribution in [3.05, 3.63) is 77.1 Å². The zero-order chi connectivity index (χ0) is 26.9. The lowest BCUT2D eigenvalue weighted by Crippen LogP contribution is -2.41. The highest BCUT2D eigenvalue weighted by Gasteiger charge is 2.43. The maximum atomic E-state index is 13.8. The summed E-state index contributed by atoms with van der Waals surface area (Å²) in [6.45, 7) is 2.71. The maximum Gasteiger partial charge on any atom is 0.416 e. The van der Waals surface area contributed by atoms with Crippen molar-refractivity contribution in [2.45, 2.75) is 50.8 Å². The van der Waals surface area contributed by atoms with Gasteiger partial charge < -0.3 is 5.11 Å². The second kappa shape index (κ2) is 10.2. The average molecular weight is 529 g/mol. The number of rotatable bonds is 8. The van der Waals surface area contributed by atoms with Gasteiger partial charge in [-0.1, -0.05) is 37.3 Å². The summed E-state index contributed by atoms with van der Waals surface area (Å²) in [4.78, 5) is 4.32. The second-order valence-electron chi connectivity index (χ2n) is 8.53. The summed E-state index contributed by atoms with van der Waals surface area (Å²) in [6.07, 6.45) is -8.71. The van der Waals surface area contributed by atoms with Crippen molar-refractivity contribution in [1.82, 2.24) is 4.98 Å². The van der Waals surface area contributed by atoms with Gasteiger partial charge in [-0.05, 0) is 41.6 Å². The number of fused-ring (bicyclic) bond motifs is 1. The highest BCUT2D eigenvalue weighted by atomic mass is 32.2. The maximum absolute atomic E-state index is 13.8. The molecule has 0 radical (unpaired) electrons. The Kier molecular flexibility index (Phi) is 7.85. The third-order valence-electron chi connectivity index (χ3n) is 6.34. The molecule has 0 aliphatic heterocycles. The van der Waals surface area contributed by atoms with Crippen molar-refractivity contribution in [1.29, 1.82) is 5.41 Å². The number of alkyl halides is 5. The van der Waals surface area contributed by atoms with Gasteiger partial charge in [-0.3, -0.25) is 10.4 Å². The monoisotopic (exact) mass is 528 g/mol. The number of pyridine rings is 1. The van der Waals surface area contributed by atoms with Gasteiger partial charge in [-0.2, -0.15) is 13.2 Å². The van der Waals surface area contributed by atoms with Crippen LogP contribution in [-0.2, 0) is 27.8 Å². The summed E-state index contributed by atoms with van der Waals surface area (Å²) in [6, 6.07) is 10.0.